The van der Waals surface area contributed by atoms with Crippen LogP contribution in [-0.4, -0.2) is 63.9 Å². The van der Waals surface area contributed by atoms with Crippen molar-refractivity contribution in [2.24, 2.45) is 7.05 Å². The summed E-state index contributed by atoms with van der Waals surface area (Å²) in [6.07, 6.45) is 5.88. The number of methoxy groups -OCH3 is 1. The molecule has 11 heteroatoms. The highest BCUT2D eigenvalue weighted by molar-refractivity contribution is 7.89. The molecule has 0 amide bonds. The number of piperidine rings is 1. The minimum atomic E-state index is -3.74. The predicted molar refractivity (Wildman–Crippen MR) is 131 cm³/mol. The number of nitrogens with zero attached hydrogens (tertiary/aromatic N) is 4. The number of fused-ring (bicyclic) bond motifs is 1. The molecule has 3 aromatic rings. The molecule has 3 heterocycles. The topological polar surface area (TPSA) is 130 Å². The minimum absolute atomic E-state index is 0.0954. The number of aromatic nitrogens is 4. The van der Waals surface area contributed by atoms with Gasteiger partial charge in [0, 0.05) is 32.1 Å². The van der Waals surface area contributed by atoms with Gasteiger partial charge in [-0.3, -0.25) is 4.79 Å². The molecule has 0 spiro atoms. The maximum atomic E-state index is 13.2. The summed E-state index contributed by atoms with van der Waals surface area (Å²) in [4.78, 5) is 20.9. The van der Waals surface area contributed by atoms with Crippen LogP contribution >= 0.6 is 0 Å². The fourth-order valence-corrected chi connectivity index (χ4v) is 6.72. The second-order valence-corrected chi connectivity index (χ2v) is 11.4. The average Bonchev–Trinajstić information content (AvgIpc) is 3.21. The summed E-state index contributed by atoms with van der Waals surface area (Å²) in [5, 5.41) is 14.9. The second kappa shape index (κ2) is 9.36. The number of ether oxygens (including phenoxy) is 1. The van der Waals surface area contributed by atoms with Crippen molar-refractivity contribution >= 4 is 21.1 Å². The van der Waals surface area contributed by atoms with Gasteiger partial charge in [-0.25, -0.2) is 18.1 Å². The molecule has 0 radical (unpaired) electrons. The van der Waals surface area contributed by atoms with E-state index in [4.69, 9.17) is 9.72 Å². The van der Waals surface area contributed by atoms with Gasteiger partial charge < -0.3 is 14.8 Å². The quantitative estimate of drug-likeness (QED) is 0.549. The Bertz CT molecular complexity index is 1400. The number of rotatable bonds is 5. The highest BCUT2D eigenvalue weighted by Crippen LogP contribution is 2.36. The molecule has 10 nitrogen and oxygen atoms in total. The predicted octanol–water partition coefficient (Wildman–Crippen LogP) is 2.53. The molecule has 2 fully saturated rings. The molecule has 1 aliphatic heterocycles. The van der Waals surface area contributed by atoms with Crippen molar-refractivity contribution in [1.29, 1.82) is 0 Å². The molecule has 1 saturated carbocycles. The lowest BCUT2D eigenvalue weighted by atomic mass is 9.86. The third kappa shape index (κ3) is 4.36. The number of aromatic amines is 1. The first kappa shape index (κ1) is 24.0. The van der Waals surface area contributed by atoms with E-state index in [0.717, 1.165) is 31.4 Å². The van der Waals surface area contributed by atoms with Crippen LogP contribution in [0.4, 0.5) is 0 Å². The zero-order chi connectivity index (χ0) is 24.7. The van der Waals surface area contributed by atoms with Crippen LogP contribution in [0, 0.1) is 0 Å². The molecule has 188 valence electrons. The highest BCUT2D eigenvalue weighted by atomic mass is 32.2. The fraction of sp³-hybridized carbons (Fsp3) is 0.542. The molecule has 0 unspecified atom stereocenters. The lowest BCUT2D eigenvalue weighted by Crippen LogP contribution is -2.39. The standard InChI is InChI=1S/C24H31N5O5S/c1-28-23-20(21(27-28)15-6-4-3-5-7-15)24(31)26-22(25-23)18-9-8-17(14-19(18)34-2)35(32,33)29-12-10-16(30)11-13-29/h8-9,14-16,30H,3-7,10-13H2,1-2H3,(H,25,26,31). The van der Waals surface area contributed by atoms with E-state index in [9.17, 15) is 18.3 Å². The van der Waals surface area contributed by atoms with Gasteiger partial charge in [0.05, 0.1) is 29.4 Å². The van der Waals surface area contributed by atoms with Crippen LogP contribution in [0.1, 0.15) is 56.6 Å². The largest absolute Gasteiger partial charge is 0.496 e. The Morgan fingerprint density at radius 3 is 2.51 bits per heavy atom. The Morgan fingerprint density at radius 2 is 1.83 bits per heavy atom. The molecule has 35 heavy (non-hydrogen) atoms. The maximum absolute atomic E-state index is 13.2. The van der Waals surface area contributed by atoms with Crippen molar-refractivity contribution in [1.82, 2.24) is 24.1 Å². The van der Waals surface area contributed by atoms with Crippen molar-refractivity contribution in [2.45, 2.75) is 61.9 Å². The van der Waals surface area contributed by atoms with Crippen LogP contribution in [0.25, 0.3) is 22.4 Å². The SMILES string of the molecule is COc1cc(S(=O)(=O)N2CCC(O)CC2)ccc1-c1nc2c(c(C3CCCCC3)nn2C)c(=O)[nH]1. The van der Waals surface area contributed by atoms with Crippen molar-refractivity contribution in [3.05, 3.63) is 34.2 Å². The Hall–Kier alpha value is -2.76. The van der Waals surface area contributed by atoms with E-state index in [1.807, 2.05) is 0 Å². The Morgan fingerprint density at radius 1 is 1.11 bits per heavy atom. The first-order chi connectivity index (χ1) is 16.8. The number of nitrogens with one attached hydrogen (secondary N) is 1. The van der Waals surface area contributed by atoms with E-state index in [1.165, 1.54) is 30.0 Å². The van der Waals surface area contributed by atoms with Gasteiger partial charge in [0.15, 0.2) is 5.65 Å². The molecule has 2 aromatic heterocycles. The smallest absolute Gasteiger partial charge is 0.262 e. The zero-order valence-corrected chi connectivity index (χ0v) is 20.8. The zero-order valence-electron chi connectivity index (χ0n) is 20.0. The van der Waals surface area contributed by atoms with E-state index in [-0.39, 0.29) is 29.5 Å². The van der Waals surface area contributed by atoms with Gasteiger partial charge >= 0.3 is 0 Å². The van der Waals surface area contributed by atoms with Crippen molar-refractivity contribution in [3.63, 3.8) is 0 Å². The monoisotopic (exact) mass is 501 g/mol. The highest BCUT2D eigenvalue weighted by Gasteiger charge is 2.30. The van der Waals surface area contributed by atoms with Crippen LogP contribution in [0.2, 0.25) is 0 Å². The lowest BCUT2D eigenvalue weighted by molar-refractivity contribution is 0.113. The molecule has 0 bridgehead atoms. The molecule has 1 saturated heterocycles. The van der Waals surface area contributed by atoms with E-state index in [2.05, 4.69) is 10.1 Å². The molecule has 1 aliphatic carbocycles. The summed E-state index contributed by atoms with van der Waals surface area (Å²) in [5.41, 5.74) is 1.53. The van der Waals surface area contributed by atoms with E-state index < -0.39 is 16.1 Å². The number of hydrogen-bond donors (Lipinski definition) is 2. The van der Waals surface area contributed by atoms with Crippen LogP contribution < -0.4 is 10.3 Å². The number of aliphatic hydroxyl groups is 1. The number of aliphatic hydroxyl groups excluding tert-OH is 1. The van der Waals surface area contributed by atoms with Gasteiger partial charge in [0.25, 0.3) is 5.56 Å². The molecule has 5 rings (SSSR count). The van der Waals surface area contributed by atoms with Crippen LogP contribution in [0.15, 0.2) is 27.9 Å². The number of H-pyrrole nitrogens is 1. The maximum Gasteiger partial charge on any atom is 0.262 e. The Labute approximate surface area is 204 Å². The van der Waals surface area contributed by atoms with Gasteiger partial charge in [-0.05, 0) is 37.8 Å². The summed E-state index contributed by atoms with van der Waals surface area (Å²) in [5.74, 6) is 0.846. The molecule has 0 atom stereocenters. The lowest BCUT2D eigenvalue weighted by Gasteiger charge is -2.28. The first-order valence-corrected chi connectivity index (χ1v) is 13.6. The molecular formula is C24H31N5O5S. The van der Waals surface area contributed by atoms with Crippen molar-refractivity contribution in [3.8, 4) is 17.1 Å². The van der Waals surface area contributed by atoms with Crippen LogP contribution in [0.5, 0.6) is 5.75 Å². The van der Waals surface area contributed by atoms with Crippen LogP contribution in [-0.2, 0) is 17.1 Å². The molecule has 1 aromatic carbocycles. The van der Waals surface area contributed by atoms with Gasteiger partial charge in [-0.1, -0.05) is 19.3 Å². The number of aryl methyl sites for hydroxylation is 1. The summed E-state index contributed by atoms with van der Waals surface area (Å²) in [7, 11) is -0.502. The summed E-state index contributed by atoms with van der Waals surface area (Å²) in [6, 6.07) is 4.56. The van der Waals surface area contributed by atoms with Crippen LogP contribution in [0.3, 0.4) is 0 Å². The summed E-state index contributed by atoms with van der Waals surface area (Å²) >= 11 is 0. The van der Waals surface area contributed by atoms with Crippen molar-refractivity contribution in [2.75, 3.05) is 20.2 Å². The van der Waals surface area contributed by atoms with Gasteiger partial charge in [-0.2, -0.15) is 9.40 Å². The molecular weight excluding hydrogens is 470 g/mol. The Balaban J connectivity index is 1.53. The van der Waals surface area contributed by atoms with Gasteiger partial charge in [-0.15, -0.1) is 0 Å². The molecule has 2 N–H and O–H groups in total. The second-order valence-electron chi connectivity index (χ2n) is 9.45. The summed E-state index contributed by atoms with van der Waals surface area (Å²) < 4.78 is 34.8. The average molecular weight is 502 g/mol. The van der Waals surface area contributed by atoms with E-state index in [1.54, 1.807) is 17.8 Å². The third-order valence-electron chi connectivity index (χ3n) is 7.20. The number of sulfonamides is 1. The normalized spacial score (nSPS) is 18.8. The van der Waals surface area contributed by atoms with Crippen molar-refractivity contribution < 1.29 is 18.3 Å². The van der Waals surface area contributed by atoms with E-state index in [0.29, 0.717) is 41.0 Å². The van der Waals surface area contributed by atoms with Gasteiger partial charge in [0.1, 0.15) is 17.0 Å². The number of benzene rings is 1. The first-order valence-electron chi connectivity index (χ1n) is 12.1. The Kier molecular flexibility index (Phi) is 6.41. The third-order valence-corrected chi connectivity index (χ3v) is 9.10. The summed E-state index contributed by atoms with van der Waals surface area (Å²) in [6.45, 7) is 0.534. The number of hydrogen-bond acceptors (Lipinski definition) is 7. The molecule has 2 aliphatic rings. The van der Waals surface area contributed by atoms with E-state index >= 15 is 0 Å². The minimum Gasteiger partial charge on any atom is -0.496 e. The fourth-order valence-electron chi connectivity index (χ4n) is 5.23. The van der Waals surface area contributed by atoms with Gasteiger partial charge in [0.2, 0.25) is 10.0 Å².